The molecule has 0 radical (unpaired) electrons. The van der Waals surface area contributed by atoms with Crippen LogP contribution in [0.25, 0.3) is 22.5 Å². The fraction of sp³-hybridized carbons (Fsp3) is 0.281. The molecule has 1 aliphatic carbocycles. The summed E-state index contributed by atoms with van der Waals surface area (Å²) in [6.07, 6.45) is 10.9. The summed E-state index contributed by atoms with van der Waals surface area (Å²) in [6, 6.07) is 9.99. The van der Waals surface area contributed by atoms with E-state index in [1.165, 1.54) is 0 Å². The predicted molar refractivity (Wildman–Crippen MR) is 160 cm³/mol. The van der Waals surface area contributed by atoms with E-state index in [0.29, 0.717) is 52.9 Å². The van der Waals surface area contributed by atoms with Crippen molar-refractivity contribution in [3.8, 4) is 22.5 Å². The van der Waals surface area contributed by atoms with Crippen LogP contribution in [0.3, 0.4) is 0 Å². The van der Waals surface area contributed by atoms with Gasteiger partial charge in [0, 0.05) is 66.5 Å². The Labute approximate surface area is 238 Å². The second-order valence-electron chi connectivity index (χ2n) is 11.2. The highest BCUT2D eigenvalue weighted by Gasteiger charge is 2.41. The third kappa shape index (κ3) is 4.86. The minimum atomic E-state index is -0.362. The van der Waals surface area contributed by atoms with Gasteiger partial charge in [-0.15, -0.1) is 0 Å². The van der Waals surface area contributed by atoms with Gasteiger partial charge in [-0.1, -0.05) is 12.6 Å². The number of anilines is 2. The summed E-state index contributed by atoms with van der Waals surface area (Å²) in [6.45, 7) is 6.45. The van der Waals surface area contributed by atoms with Gasteiger partial charge in [-0.3, -0.25) is 19.9 Å². The molecule has 41 heavy (non-hydrogen) atoms. The van der Waals surface area contributed by atoms with E-state index in [-0.39, 0.29) is 11.9 Å². The molecule has 1 N–H and O–H groups in total. The summed E-state index contributed by atoms with van der Waals surface area (Å²) in [4.78, 5) is 27.4. The van der Waals surface area contributed by atoms with Crippen LogP contribution in [0.2, 0.25) is 0 Å². The van der Waals surface area contributed by atoms with Gasteiger partial charge in [-0.2, -0.15) is 0 Å². The number of fused-ring (bicyclic) bond motifs is 3. The van der Waals surface area contributed by atoms with Crippen LogP contribution < -0.4 is 10.2 Å². The van der Waals surface area contributed by atoms with E-state index in [1.807, 2.05) is 50.6 Å². The van der Waals surface area contributed by atoms with Gasteiger partial charge in [-0.25, -0.2) is 9.37 Å². The number of aromatic nitrogens is 4. The molecule has 0 aromatic carbocycles. The summed E-state index contributed by atoms with van der Waals surface area (Å²) in [5.41, 5.74) is 7.21. The molecule has 0 spiro atoms. The monoisotopic (exact) mass is 546 g/mol. The van der Waals surface area contributed by atoms with Crippen molar-refractivity contribution in [2.45, 2.75) is 31.3 Å². The maximum Gasteiger partial charge on any atom is 0.145 e. The van der Waals surface area contributed by atoms with E-state index in [2.05, 4.69) is 31.7 Å². The third-order valence-corrected chi connectivity index (χ3v) is 7.74. The second kappa shape index (κ2) is 10.2. The zero-order valence-corrected chi connectivity index (χ0v) is 23.2. The molecule has 1 saturated heterocycles. The maximum absolute atomic E-state index is 16.6. The van der Waals surface area contributed by atoms with E-state index in [0.717, 1.165) is 47.6 Å². The van der Waals surface area contributed by atoms with Gasteiger partial charge in [0.25, 0.3) is 0 Å². The Morgan fingerprint density at radius 3 is 2.76 bits per heavy atom. The molecule has 0 bridgehead atoms. The smallest absolute Gasteiger partial charge is 0.145 e. The Morgan fingerprint density at radius 2 is 1.98 bits per heavy atom. The molecular formula is C32H31FN8. The Kier molecular flexibility index (Phi) is 6.31. The van der Waals surface area contributed by atoms with Gasteiger partial charge in [0.1, 0.15) is 11.6 Å². The Hall–Kier alpha value is -4.50. The van der Waals surface area contributed by atoms with Crippen LogP contribution in [0.4, 0.5) is 15.9 Å². The lowest BCUT2D eigenvalue weighted by Gasteiger charge is -2.20. The second-order valence-corrected chi connectivity index (χ2v) is 11.2. The van der Waals surface area contributed by atoms with Crippen LogP contribution in [0.15, 0.2) is 78.6 Å². The standard InChI is InChI=1S/C32H31FN8/c1-19(39-25-9-11-36-31(27(25)21-7-8-21)26-6-4-5-10-35-26)30-28-29(33)24(16-38-32(28)41-18-23(41)15-37-30)22-12-20(13-34-14-22)17-40(2)3/h4-6,9-14,16,21,23H,1,7-8,15,17-18H2,2-3H3,(H,36,39). The summed E-state index contributed by atoms with van der Waals surface area (Å²) >= 11 is 0. The molecule has 1 saturated carbocycles. The van der Waals surface area contributed by atoms with Crippen molar-refractivity contribution in [1.29, 1.82) is 0 Å². The zero-order chi connectivity index (χ0) is 28.1. The van der Waals surface area contributed by atoms with Crippen molar-refractivity contribution in [2.24, 2.45) is 4.99 Å². The highest BCUT2D eigenvalue weighted by atomic mass is 19.1. The first-order valence-electron chi connectivity index (χ1n) is 13.9. The molecule has 4 aromatic rings. The first-order chi connectivity index (χ1) is 20.0. The van der Waals surface area contributed by atoms with Crippen molar-refractivity contribution in [1.82, 2.24) is 24.8 Å². The summed E-state index contributed by atoms with van der Waals surface area (Å²) < 4.78 is 16.6. The molecular weight excluding hydrogens is 515 g/mol. The molecule has 9 heteroatoms. The number of halogens is 1. The number of hydrogen-bond donors (Lipinski definition) is 1. The summed E-state index contributed by atoms with van der Waals surface area (Å²) in [5, 5.41) is 3.50. The fourth-order valence-corrected chi connectivity index (χ4v) is 5.61. The molecule has 6 heterocycles. The molecule has 206 valence electrons. The molecule has 4 aromatic heterocycles. The minimum Gasteiger partial charge on any atom is -0.354 e. The number of pyridine rings is 4. The van der Waals surface area contributed by atoms with Crippen molar-refractivity contribution in [3.63, 3.8) is 0 Å². The van der Waals surface area contributed by atoms with E-state index in [9.17, 15) is 0 Å². The molecule has 3 aliphatic rings. The van der Waals surface area contributed by atoms with Crippen LogP contribution in [-0.4, -0.2) is 63.8 Å². The highest BCUT2D eigenvalue weighted by molar-refractivity contribution is 6.17. The molecule has 1 unspecified atom stereocenters. The quantitative estimate of drug-likeness (QED) is 0.301. The van der Waals surface area contributed by atoms with Crippen LogP contribution >= 0.6 is 0 Å². The van der Waals surface area contributed by atoms with Crippen LogP contribution in [0, 0.1) is 5.82 Å². The Bertz CT molecular complexity index is 1680. The van der Waals surface area contributed by atoms with E-state index in [4.69, 9.17) is 15.0 Å². The van der Waals surface area contributed by atoms with Crippen molar-refractivity contribution < 1.29 is 4.39 Å². The lowest BCUT2D eigenvalue weighted by atomic mass is 9.99. The number of rotatable bonds is 8. The van der Waals surface area contributed by atoms with Crippen molar-refractivity contribution >= 4 is 17.2 Å². The number of nitrogens with one attached hydrogen (secondary N) is 1. The number of nitrogens with zero attached hydrogens (tertiary/aromatic N) is 7. The summed E-state index contributed by atoms with van der Waals surface area (Å²) in [5.74, 6) is 0.642. The van der Waals surface area contributed by atoms with Gasteiger partial charge in [0.05, 0.1) is 40.9 Å². The molecule has 0 amide bonds. The average molecular weight is 547 g/mol. The molecule has 2 aliphatic heterocycles. The molecule has 2 fully saturated rings. The van der Waals surface area contributed by atoms with E-state index < -0.39 is 0 Å². The van der Waals surface area contributed by atoms with Crippen LogP contribution in [0.1, 0.15) is 35.4 Å². The normalized spacial score (nSPS) is 17.4. The first kappa shape index (κ1) is 25.5. The molecule has 7 rings (SSSR count). The molecule has 8 nitrogen and oxygen atoms in total. The van der Waals surface area contributed by atoms with Crippen LogP contribution in [0.5, 0.6) is 0 Å². The maximum atomic E-state index is 16.6. The number of hydrogen-bond acceptors (Lipinski definition) is 8. The van der Waals surface area contributed by atoms with Gasteiger partial charge in [0.15, 0.2) is 0 Å². The number of aliphatic imine (C=N–C) groups is 1. The van der Waals surface area contributed by atoms with Gasteiger partial charge < -0.3 is 15.1 Å². The molecule has 1 atom stereocenters. The average Bonchev–Trinajstić information content (AvgIpc) is 3.88. The SMILES string of the molecule is C=C(Nc1ccnc(-c2ccccn2)c1C1CC1)C1=NCC2CN2c2ncc(-c3cncc(CN(C)C)c3)c(F)c21. The fourth-order valence-electron chi connectivity index (χ4n) is 5.61. The third-order valence-electron chi connectivity index (χ3n) is 7.74. The van der Waals surface area contributed by atoms with Gasteiger partial charge >= 0.3 is 0 Å². The topological polar surface area (TPSA) is 82.2 Å². The number of allylic oxidation sites excluding steroid dienone is 1. The van der Waals surface area contributed by atoms with Gasteiger partial charge in [0.2, 0.25) is 0 Å². The van der Waals surface area contributed by atoms with Gasteiger partial charge in [-0.05, 0) is 62.7 Å². The first-order valence-corrected chi connectivity index (χ1v) is 13.9. The summed E-state index contributed by atoms with van der Waals surface area (Å²) in [7, 11) is 3.99. The van der Waals surface area contributed by atoms with Crippen molar-refractivity contribution in [3.05, 3.63) is 96.1 Å². The van der Waals surface area contributed by atoms with E-state index in [1.54, 1.807) is 24.8 Å². The Morgan fingerprint density at radius 1 is 1.10 bits per heavy atom. The lowest BCUT2D eigenvalue weighted by Crippen LogP contribution is -2.18. The predicted octanol–water partition coefficient (Wildman–Crippen LogP) is 5.30. The Balaban J connectivity index is 1.27. The van der Waals surface area contributed by atoms with Crippen molar-refractivity contribution in [2.75, 3.05) is 37.4 Å². The largest absolute Gasteiger partial charge is 0.354 e. The highest BCUT2D eigenvalue weighted by Crippen LogP contribution is 2.47. The lowest BCUT2D eigenvalue weighted by molar-refractivity contribution is 0.402. The van der Waals surface area contributed by atoms with Crippen LogP contribution in [-0.2, 0) is 6.54 Å². The minimum absolute atomic E-state index is 0.223. The van der Waals surface area contributed by atoms with E-state index >= 15 is 4.39 Å². The zero-order valence-electron chi connectivity index (χ0n) is 23.2.